The van der Waals surface area contributed by atoms with Crippen molar-refractivity contribution in [2.75, 3.05) is 19.7 Å². The number of hydrogen-bond acceptors (Lipinski definition) is 3. The van der Waals surface area contributed by atoms with E-state index in [2.05, 4.69) is 46.9 Å². The molecule has 1 aromatic heterocycles. The predicted octanol–water partition coefficient (Wildman–Crippen LogP) is 3.11. The van der Waals surface area contributed by atoms with Crippen LogP contribution in [0.25, 0.3) is 11.4 Å². The summed E-state index contributed by atoms with van der Waals surface area (Å²) in [6, 6.07) is 6.83. The van der Waals surface area contributed by atoms with Gasteiger partial charge < -0.3 is 9.72 Å². The van der Waals surface area contributed by atoms with Crippen molar-refractivity contribution in [3.05, 3.63) is 36.2 Å². The average molecular weight is 285 g/mol. The molecule has 112 valence electrons. The highest BCUT2D eigenvalue weighted by Gasteiger charge is 2.24. The Labute approximate surface area is 126 Å². The Kier molecular flexibility index (Phi) is 4.25. The zero-order valence-electron chi connectivity index (χ0n) is 12.8. The molecule has 0 amide bonds. The molecule has 1 aliphatic rings. The topological polar surface area (TPSA) is 41.1 Å². The number of aromatic amines is 1. The zero-order chi connectivity index (χ0) is 14.7. The summed E-state index contributed by atoms with van der Waals surface area (Å²) in [5.74, 6) is 1.94. The van der Waals surface area contributed by atoms with Crippen molar-refractivity contribution >= 4 is 0 Å². The molecule has 0 aliphatic carbocycles. The number of H-pyrrole nitrogens is 1. The number of benzene rings is 1. The van der Waals surface area contributed by atoms with Gasteiger partial charge in [-0.1, -0.05) is 13.8 Å². The summed E-state index contributed by atoms with van der Waals surface area (Å²) in [7, 11) is 0. The summed E-state index contributed by atoms with van der Waals surface area (Å²) in [5.41, 5.74) is 2.41. The van der Waals surface area contributed by atoms with E-state index in [9.17, 15) is 0 Å². The van der Waals surface area contributed by atoms with Crippen molar-refractivity contribution in [2.24, 2.45) is 0 Å². The van der Waals surface area contributed by atoms with Crippen LogP contribution in [0.3, 0.4) is 0 Å². The summed E-state index contributed by atoms with van der Waals surface area (Å²) in [4.78, 5) is 10.0. The maximum absolute atomic E-state index is 5.97. The van der Waals surface area contributed by atoms with Crippen LogP contribution in [0.4, 0.5) is 0 Å². The number of likely N-dealkylation sites (N-methyl/N-ethyl adjacent to an activating group) is 1. The van der Waals surface area contributed by atoms with Crippen LogP contribution in [-0.4, -0.2) is 40.6 Å². The van der Waals surface area contributed by atoms with Crippen LogP contribution in [0.15, 0.2) is 30.6 Å². The Hall–Kier alpha value is -1.81. The second-order valence-electron chi connectivity index (χ2n) is 5.56. The van der Waals surface area contributed by atoms with Gasteiger partial charge in [-0.3, -0.25) is 4.90 Å². The first-order valence-electron chi connectivity index (χ1n) is 7.81. The fraction of sp³-hybridized carbons (Fsp3) is 0.471. The van der Waals surface area contributed by atoms with E-state index in [1.165, 1.54) is 12.0 Å². The smallest absolute Gasteiger partial charge is 0.137 e. The number of rotatable bonds is 5. The van der Waals surface area contributed by atoms with Gasteiger partial charge in [0.1, 0.15) is 18.2 Å². The van der Waals surface area contributed by atoms with Gasteiger partial charge in [-0.15, -0.1) is 0 Å². The molecule has 21 heavy (non-hydrogen) atoms. The molecule has 4 nitrogen and oxygen atoms in total. The average Bonchev–Trinajstić information content (AvgIpc) is 3.06. The van der Waals surface area contributed by atoms with Gasteiger partial charge >= 0.3 is 0 Å². The van der Waals surface area contributed by atoms with Crippen molar-refractivity contribution < 1.29 is 4.74 Å². The van der Waals surface area contributed by atoms with Crippen LogP contribution in [-0.2, 0) is 6.42 Å². The second kappa shape index (κ2) is 6.31. The number of aromatic nitrogens is 2. The predicted molar refractivity (Wildman–Crippen MR) is 84.5 cm³/mol. The third kappa shape index (κ3) is 2.95. The molecule has 1 aromatic carbocycles. The second-order valence-corrected chi connectivity index (χ2v) is 5.56. The molecular formula is C17H23N3O. The molecule has 0 fully saturated rings. The zero-order valence-corrected chi connectivity index (χ0v) is 12.8. The molecule has 0 spiro atoms. The maximum Gasteiger partial charge on any atom is 0.137 e. The van der Waals surface area contributed by atoms with Gasteiger partial charge in [0.2, 0.25) is 0 Å². The number of nitrogens with one attached hydrogen (secondary N) is 1. The molecule has 0 saturated carbocycles. The van der Waals surface area contributed by atoms with Gasteiger partial charge in [0.25, 0.3) is 0 Å². The van der Waals surface area contributed by atoms with E-state index in [1.807, 2.05) is 6.20 Å². The van der Waals surface area contributed by atoms with Crippen molar-refractivity contribution in [3.8, 4) is 17.1 Å². The first-order valence-corrected chi connectivity index (χ1v) is 7.81. The standard InChI is InChI=1S/C17H23N3O/c1-3-9-20(4-2)15-11-14-10-13(17-18-7-8-19-17)5-6-16(14)21-12-15/h5-8,10,15H,3-4,9,11-12H2,1-2H3,(H,18,19)/t15-/m0/s1. The van der Waals surface area contributed by atoms with E-state index < -0.39 is 0 Å². The summed E-state index contributed by atoms with van der Waals surface area (Å²) in [6.45, 7) is 7.47. The van der Waals surface area contributed by atoms with Gasteiger partial charge in [-0.2, -0.15) is 0 Å². The molecule has 0 unspecified atom stereocenters. The highest BCUT2D eigenvalue weighted by molar-refractivity contribution is 5.59. The van der Waals surface area contributed by atoms with E-state index in [0.717, 1.165) is 43.3 Å². The quantitative estimate of drug-likeness (QED) is 0.917. The number of nitrogens with zero attached hydrogens (tertiary/aromatic N) is 2. The van der Waals surface area contributed by atoms with E-state index in [-0.39, 0.29) is 0 Å². The summed E-state index contributed by atoms with van der Waals surface area (Å²) in [6.07, 6.45) is 5.88. The molecule has 4 heteroatoms. The number of fused-ring (bicyclic) bond motifs is 1. The molecule has 2 aromatic rings. The van der Waals surface area contributed by atoms with Crippen LogP contribution < -0.4 is 4.74 Å². The van der Waals surface area contributed by atoms with E-state index in [1.54, 1.807) is 6.20 Å². The van der Waals surface area contributed by atoms with E-state index >= 15 is 0 Å². The fourth-order valence-corrected chi connectivity index (χ4v) is 3.07. The minimum absolute atomic E-state index is 0.481. The van der Waals surface area contributed by atoms with Crippen LogP contribution >= 0.6 is 0 Å². The van der Waals surface area contributed by atoms with Crippen LogP contribution in [0.2, 0.25) is 0 Å². The molecule has 0 bridgehead atoms. The molecule has 0 radical (unpaired) electrons. The summed E-state index contributed by atoms with van der Waals surface area (Å²) >= 11 is 0. The third-order valence-electron chi connectivity index (χ3n) is 4.15. The Balaban J connectivity index is 1.82. The van der Waals surface area contributed by atoms with E-state index in [4.69, 9.17) is 4.74 Å². The lowest BCUT2D eigenvalue weighted by Gasteiger charge is -2.34. The lowest BCUT2D eigenvalue weighted by Crippen LogP contribution is -2.43. The number of imidazole rings is 1. The summed E-state index contributed by atoms with van der Waals surface area (Å²) < 4.78 is 5.97. The van der Waals surface area contributed by atoms with Crippen LogP contribution in [0.1, 0.15) is 25.8 Å². The van der Waals surface area contributed by atoms with Crippen molar-refractivity contribution in [1.29, 1.82) is 0 Å². The van der Waals surface area contributed by atoms with Crippen LogP contribution in [0, 0.1) is 0 Å². The third-order valence-corrected chi connectivity index (χ3v) is 4.15. The minimum atomic E-state index is 0.481. The minimum Gasteiger partial charge on any atom is -0.492 e. The monoisotopic (exact) mass is 285 g/mol. The van der Waals surface area contributed by atoms with Crippen LogP contribution in [0.5, 0.6) is 5.75 Å². The molecule has 3 rings (SSSR count). The van der Waals surface area contributed by atoms with Crippen molar-refractivity contribution in [2.45, 2.75) is 32.7 Å². The Morgan fingerprint density at radius 2 is 2.29 bits per heavy atom. The Bertz CT molecular complexity index is 580. The highest BCUT2D eigenvalue weighted by Crippen LogP contribution is 2.30. The fourth-order valence-electron chi connectivity index (χ4n) is 3.07. The first-order chi connectivity index (χ1) is 10.3. The van der Waals surface area contributed by atoms with Gasteiger partial charge in [-0.25, -0.2) is 4.98 Å². The van der Waals surface area contributed by atoms with E-state index in [0.29, 0.717) is 6.04 Å². The van der Waals surface area contributed by atoms with Gasteiger partial charge in [-0.05, 0) is 49.7 Å². The largest absolute Gasteiger partial charge is 0.492 e. The lowest BCUT2D eigenvalue weighted by molar-refractivity contribution is 0.124. The van der Waals surface area contributed by atoms with Gasteiger partial charge in [0, 0.05) is 24.0 Å². The Morgan fingerprint density at radius 3 is 3.00 bits per heavy atom. The maximum atomic E-state index is 5.97. The van der Waals surface area contributed by atoms with Crippen molar-refractivity contribution in [3.63, 3.8) is 0 Å². The SMILES string of the molecule is CCCN(CC)[C@@H]1COc2ccc(-c3ncc[nH]3)cc2C1. The molecule has 1 N–H and O–H groups in total. The molecule has 1 atom stereocenters. The molecule has 0 saturated heterocycles. The highest BCUT2D eigenvalue weighted by atomic mass is 16.5. The number of ether oxygens (including phenoxy) is 1. The summed E-state index contributed by atoms with van der Waals surface area (Å²) in [5, 5.41) is 0. The molecule has 2 heterocycles. The first kappa shape index (κ1) is 14.1. The molecular weight excluding hydrogens is 262 g/mol. The van der Waals surface area contributed by atoms with Gasteiger partial charge in [0.05, 0.1) is 0 Å². The molecule has 1 aliphatic heterocycles. The Morgan fingerprint density at radius 1 is 1.38 bits per heavy atom. The van der Waals surface area contributed by atoms with Gasteiger partial charge in [0.15, 0.2) is 0 Å². The number of hydrogen-bond donors (Lipinski definition) is 1. The normalized spacial score (nSPS) is 17.6. The lowest BCUT2D eigenvalue weighted by atomic mass is 9.99. The van der Waals surface area contributed by atoms with Crippen molar-refractivity contribution in [1.82, 2.24) is 14.9 Å².